The molecule has 114 valence electrons. The predicted molar refractivity (Wildman–Crippen MR) is 82.8 cm³/mol. The summed E-state index contributed by atoms with van der Waals surface area (Å²) in [5.74, 6) is 1.32. The average molecular weight is 292 g/mol. The Labute approximate surface area is 124 Å². The summed E-state index contributed by atoms with van der Waals surface area (Å²) in [5, 5.41) is 6.38. The van der Waals surface area contributed by atoms with Gasteiger partial charge in [-0.25, -0.2) is 0 Å². The number of nitrogens with zero attached hydrogens (tertiary/aromatic N) is 1. The molecule has 4 nitrogen and oxygen atoms in total. The summed E-state index contributed by atoms with van der Waals surface area (Å²) in [4.78, 5) is 14.2. The normalized spacial score (nSPS) is 17.9. The zero-order valence-corrected chi connectivity index (χ0v) is 13.4. The molecule has 1 unspecified atom stereocenters. The fourth-order valence-corrected chi connectivity index (χ4v) is 2.45. The molecule has 1 amide bonds. The molecule has 0 spiro atoms. The molecule has 1 saturated heterocycles. The van der Waals surface area contributed by atoms with E-state index in [0.29, 0.717) is 18.3 Å². The molecular formula is C14H30ClN3O. The molecule has 1 atom stereocenters. The summed E-state index contributed by atoms with van der Waals surface area (Å²) < 4.78 is 0. The van der Waals surface area contributed by atoms with E-state index >= 15 is 0 Å². The van der Waals surface area contributed by atoms with Gasteiger partial charge in [-0.05, 0) is 11.8 Å². The molecule has 0 bridgehead atoms. The van der Waals surface area contributed by atoms with E-state index in [-0.39, 0.29) is 18.3 Å². The minimum absolute atomic E-state index is 0. The van der Waals surface area contributed by atoms with Crippen molar-refractivity contribution in [3.63, 3.8) is 0 Å². The van der Waals surface area contributed by atoms with Crippen LogP contribution in [0.3, 0.4) is 0 Å². The van der Waals surface area contributed by atoms with Crippen molar-refractivity contribution in [2.24, 2.45) is 11.8 Å². The van der Waals surface area contributed by atoms with Gasteiger partial charge in [0.15, 0.2) is 0 Å². The van der Waals surface area contributed by atoms with Gasteiger partial charge in [-0.1, -0.05) is 27.2 Å². The maximum Gasteiger partial charge on any atom is 0.220 e. The van der Waals surface area contributed by atoms with Crippen LogP contribution in [0.1, 0.15) is 33.6 Å². The highest BCUT2D eigenvalue weighted by Gasteiger charge is 2.15. The van der Waals surface area contributed by atoms with Crippen LogP contribution in [0.5, 0.6) is 0 Å². The standard InChI is InChI=1S/C14H29N3O.ClH/c1-4-13(12(2)3)11-14(18)16-7-10-17-8-5-15-6-9-17;/h12-13,15H,4-11H2,1-3H3,(H,16,18);1H. The van der Waals surface area contributed by atoms with E-state index in [1.807, 2.05) is 0 Å². The van der Waals surface area contributed by atoms with Crippen molar-refractivity contribution in [3.05, 3.63) is 0 Å². The van der Waals surface area contributed by atoms with Crippen LogP contribution in [0.15, 0.2) is 0 Å². The summed E-state index contributed by atoms with van der Waals surface area (Å²) in [6.07, 6.45) is 1.76. The Morgan fingerprint density at radius 1 is 1.32 bits per heavy atom. The van der Waals surface area contributed by atoms with Crippen LogP contribution in [-0.4, -0.2) is 50.1 Å². The number of halogens is 1. The summed E-state index contributed by atoms with van der Waals surface area (Å²) >= 11 is 0. The van der Waals surface area contributed by atoms with Gasteiger partial charge in [-0.15, -0.1) is 12.4 Å². The van der Waals surface area contributed by atoms with E-state index in [1.54, 1.807) is 0 Å². The summed E-state index contributed by atoms with van der Waals surface area (Å²) in [7, 11) is 0. The number of piperazine rings is 1. The molecular weight excluding hydrogens is 262 g/mol. The molecule has 0 aromatic rings. The number of amides is 1. The number of nitrogens with one attached hydrogen (secondary N) is 2. The minimum Gasteiger partial charge on any atom is -0.355 e. The molecule has 19 heavy (non-hydrogen) atoms. The lowest BCUT2D eigenvalue weighted by Crippen LogP contribution is -2.46. The van der Waals surface area contributed by atoms with E-state index in [2.05, 4.69) is 36.3 Å². The first kappa shape index (κ1) is 18.7. The average Bonchev–Trinajstić information content (AvgIpc) is 2.37. The zero-order chi connectivity index (χ0) is 13.4. The Kier molecular flexibility index (Phi) is 10.3. The van der Waals surface area contributed by atoms with Gasteiger partial charge in [-0.3, -0.25) is 9.69 Å². The molecule has 1 heterocycles. The van der Waals surface area contributed by atoms with Crippen molar-refractivity contribution in [2.75, 3.05) is 39.3 Å². The molecule has 0 aromatic carbocycles. The quantitative estimate of drug-likeness (QED) is 0.747. The Balaban J connectivity index is 0.00000324. The van der Waals surface area contributed by atoms with Crippen LogP contribution in [0, 0.1) is 11.8 Å². The van der Waals surface area contributed by atoms with Crippen molar-refractivity contribution in [1.82, 2.24) is 15.5 Å². The van der Waals surface area contributed by atoms with Crippen molar-refractivity contribution >= 4 is 18.3 Å². The first-order valence-corrected chi connectivity index (χ1v) is 7.33. The molecule has 1 fully saturated rings. The summed E-state index contributed by atoms with van der Waals surface area (Å²) in [6, 6.07) is 0. The van der Waals surface area contributed by atoms with Gasteiger partial charge in [0.25, 0.3) is 0 Å². The molecule has 1 rings (SSSR count). The number of hydrogen-bond donors (Lipinski definition) is 2. The fourth-order valence-electron chi connectivity index (χ4n) is 2.45. The SMILES string of the molecule is CCC(CC(=O)NCCN1CCNCC1)C(C)C.Cl. The molecule has 0 aliphatic carbocycles. The van der Waals surface area contributed by atoms with E-state index in [9.17, 15) is 4.79 Å². The maximum atomic E-state index is 11.8. The first-order chi connectivity index (χ1) is 8.63. The van der Waals surface area contributed by atoms with Gasteiger partial charge in [-0.2, -0.15) is 0 Å². The topological polar surface area (TPSA) is 44.4 Å². The Hall–Kier alpha value is -0.320. The van der Waals surface area contributed by atoms with Crippen molar-refractivity contribution < 1.29 is 4.79 Å². The van der Waals surface area contributed by atoms with Crippen LogP contribution in [0.2, 0.25) is 0 Å². The van der Waals surface area contributed by atoms with Crippen LogP contribution < -0.4 is 10.6 Å². The third-order valence-electron chi connectivity index (χ3n) is 3.87. The van der Waals surface area contributed by atoms with Crippen LogP contribution in [0.25, 0.3) is 0 Å². The Bertz CT molecular complexity index is 243. The largest absolute Gasteiger partial charge is 0.355 e. The second kappa shape index (κ2) is 10.5. The number of carbonyl (C=O) groups is 1. The lowest BCUT2D eigenvalue weighted by atomic mass is 9.90. The predicted octanol–water partition coefficient (Wildman–Crippen LogP) is 1.50. The lowest BCUT2D eigenvalue weighted by Gasteiger charge is -2.27. The highest BCUT2D eigenvalue weighted by atomic mass is 35.5. The number of hydrogen-bond acceptors (Lipinski definition) is 3. The van der Waals surface area contributed by atoms with Crippen LogP contribution in [-0.2, 0) is 4.79 Å². The second-order valence-corrected chi connectivity index (χ2v) is 5.56. The van der Waals surface area contributed by atoms with Crippen molar-refractivity contribution in [3.8, 4) is 0 Å². The molecule has 2 N–H and O–H groups in total. The van der Waals surface area contributed by atoms with Crippen molar-refractivity contribution in [2.45, 2.75) is 33.6 Å². The van der Waals surface area contributed by atoms with Crippen molar-refractivity contribution in [1.29, 1.82) is 0 Å². The highest BCUT2D eigenvalue weighted by Crippen LogP contribution is 2.18. The molecule has 0 radical (unpaired) electrons. The summed E-state index contributed by atoms with van der Waals surface area (Å²) in [5.41, 5.74) is 0. The van der Waals surface area contributed by atoms with Gasteiger partial charge in [0, 0.05) is 45.7 Å². The molecule has 1 aliphatic rings. The summed E-state index contributed by atoms with van der Waals surface area (Å²) in [6.45, 7) is 12.7. The van der Waals surface area contributed by atoms with Crippen LogP contribution >= 0.6 is 12.4 Å². The number of carbonyl (C=O) groups excluding carboxylic acids is 1. The fraction of sp³-hybridized carbons (Fsp3) is 0.929. The van der Waals surface area contributed by atoms with Gasteiger partial charge < -0.3 is 10.6 Å². The molecule has 5 heteroatoms. The first-order valence-electron chi connectivity index (χ1n) is 7.33. The molecule has 0 aromatic heterocycles. The minimum atomic E-state index is 0. The van der Waals surface area contributed by atoms with Crippen LogP contribution in [0.4, 0.5) is 0 Å². The Morgan fingerprint density at radius 2 is 1.95 bits per heavy atom. The van der Waals surface area contributed by atoms with E-state index < -0.39 is 0 Å². The second-order valence-electron chi connectivity index (χ2n) is 5.56. The maximum absolute atomic E-state index is 11.8. The third kappa shape index (κ3) is 7.75. The molecule has 1 aliphatic heterocycles. The van der Waals surface area contributed by atoms with Gasteiger partial charge in [0.05, 0.1) is 0 Å². The zero-order valence-electron chi connectivity index (χ0n) is 12.6. The van der Waals surface area contributed by atoms with E-state index in [4.69, 9.17) is 0 Å². The smallest absolute Gasteiger partial charge is 0.220 e. The highest BCUT2D eigenvalue weighted by molar-refractivity contribution is 5.85. The van der Waals surface area contributed by atoms with E-state index in [1.165, 1.54) is 0 Å². The van der Waals surface area contributed by atoms with E-state index in [0.717, 1.165) is 45.7 Å². The third-order valence-corrected chi connectivity index (χ3v) is 3.87. The van der Waals surface area contributed by atoms with Gasteiger partial charge in [0.2, 0.25) is 5.91 Å². The Morgan fingerprint density at radius 3 is 2.47 bits per heavy atom. The number of rotatable bonds is 7. The van der Waals surface area contributed by atoms with Gasteiger partial charge in [0.1, 0.15) is 0 Å². The monoisotopic (exact) mass is 291 g/mol. The molecule has 0 saturated carbocycles. The lowest BCUT2D eigenvalue weighted by molar-refractivity contribution is -0.122. The van der Waals surface area contributed by atoms with Gasteiger partial charge >= 0.3 is 0 Å².